The number of benzene rings is 3. The maximum Gasteiger partial charge on any atom is 0.416 e. The zero-order valence-electron chi connectivity index (χ0n) is 21.3. The monoisotopic (exact) mass is 520 g/mol. The number of halogens is 3. The summed E-state index contributed by atoms with van der Waals surface area (Å²) in [6.07, 6.45) is 9.40. The molecule has 3 aromatic carbocycles. The van der Waals surface area contributed by atoms with E-state index in [4.69, 9.17) is 0 Å². The smallest absolute Gasteiger partial charge is 0.264 e. The number of rotatable bonds is 2. The summed E-state index contributed by atoms with van der Waals surface area (Å²) in [4.78, 5) is 8.11. The molecular weight excluding hydrogens is 493 g/mol. The van der Waals surface area contributed by atoms with Crippen molar-refractivity contribution < 1.29 is 13.2 Å². The minimum atomic E-state index is -4.32. The van der Waals surface area contributed by atoms with E-state index in [1.807, 2.05) is 42.6 Å². The Kier molecular flexibility index (Phi) is 6.74. The Hall–Kier alpha value is -4.25. The van der Waals surface area contributed by atoms with Crippen LogP contribution in [0.4, 0.5) is 13.2 Å². The average Bonchev–Trinajstić information content (AvgIpc) is 2.97. The molecule has 5 heteroatoms. The van der Waals surface area contributed by atoms with Gasteiger partial charge in [-0.2, -0.15) is 13.2 Å². The van der Waals surface area contributed by atoms with Crippen LogP contribution in [0.1, 0.15) is 35.1 Å². The molecule has 5 aromatic rings. The first-order valence-corrected chi connectivity index (χ1v) is 13.2. The Labute approximate surface area is 225 Å². The lowest BCUT2D eigenvalue weighted by molar-refractivity contribution is -0.137. The predicted octanol–water partition coefficient (Wildman–Crippen LogP) is 9.01. The molecule has 1 unspecified atom stereocenters. The van der Waals surface area contributed by atoms with Crippen LogP contribution in [0.5, 0.6) is 0 Å². The van der Waals surface area contributed by atoms with Crippen LogP contribution in [-0.4, -0.2) is 9.97 Å². The van der Waals surface area contributed by atoms with Crippen molar-refractivity contribution >= 4 is 27.2 Å². The summed E-state index contributed by atoms with van der Waals surface area (Å²) in [6.45, 7) is 0. The van der Waals surface area contributed by atoms with Crippen molar-refractivity contribution in [1.29, 1.82) is 0 Å². The van der Waals surface area contributed by atoms with E-state index in [0.29, 0.717) is 11.3 Å². The van der Waals surface area contributed by atoms with Crippen LogP contribution < -0.4 is 0 Å². The van der Waals surface area contributed by atoms with Crippen LogP contribution in [0.3, 0.4) is 0 Å². The SMILES string of the molecule is FC(F)(F)c1ccc2c3c(ccc2c1)C1=C(CCC=C1)C(Cc1ccccc1)C3.c1cnc2ccncc2c1. The van der Waals surface area contributed by atoms with Gasteiger partial charge in [0, 0.05) is 24.0 Å². The van der Waals surface area contributed by atoms with Gasteiger partial charge >= 0.3 is 6.18 Å². The second kappa shape index (κ2) is 10.5. The van der Waals surface area contributed by atoms with Gasteiger partial charge in [-0.15, -0.1) is 0 Å². The molecule has 0 spiro atoms. The topological polar surface area (TPSA) is 25.8 Å². The van der Waals surface area contributed by atoms with Crippen LogP contribution in [0.15, 0.2) is 115 Å². The number of allylic oxidation sites excluding steroid dienone is 4. The van der Waals surface area contributed by atoms with Gasteiger partial charge in [-0.05, 0) is 95.0 Å². The Bertz CT molecular complexity index is 1640. The van der Waals surface area contributed by atoms with Gasteiger partial charge in [-0.3, -0.25) is 9.97 Å². The molecule has 2 aliphatic carbocycles. The molecule has 1 atom stereocenters. The molecule has 2 aliphatic rings. The number of fused-ring (bicyclic) bond motifs is 5. The van der Waals surface area contributed by atoms with E-state index in [1.54, 1.807) is 18.5 Å². The van der Waals surface area contributed by atoms with Crippen LogP contribution in [-0.2, 0) is 19.0 Å². The zero-order valence-corrected chi connectivity index (χ0v) is 21.3. The van der Waals surface area contributed by atoms with Gasteiger partial charge < -0.3 is 0 Å². The first kappa shape index (κ1) is 25.1. The van der Waals surface area contributed by atoms with Gasteiger partial charge in [-0.1, -0.05) is 66.3 Å². The van der Waals surface area contributed by atoms with Crippen molar-refractivity contribution in [1.82, 2.24) is 9.97 Å². The molecular formula is C34H27F3N2. The standard InChI is InChI=1S/C26H21F3.C8H6N2/c27-26(28,29)20-11-13-22-18(15-20)10-12-24-23-9-5-4-8-21(23)19(16-25(22)24)14-17-6-2-1-3-7-17;1-2-7-6-9-5-3-8(7)10-4-1/h1-3,5-7,9-13,15,19H,4,8,14,16H2;1-6H. The average molecular weight is 521 g/mol. The normalized spacial score (nSPS) is 16.4. The largest absolute Gasteiger partial charge is 0.416 e. The number of hydrogen-bond donors (Lipinski definition) is 0. The first-order valence-electron chi connectivity index (χ1n) is 13.2. The van der Waals surface area contributed by atoms with Crippen molar-refractivity contribution in [3.05, 3.63) is 137 Å². The zero-order chi connectivity index (χ0) is 26.8. The molecule has 2 aromatic heterocycles. The van der Waals surface area contributed by atoms with E-state index in [0.717, 1.165) is 42.0 Å². The molecule has 0 fully saturated rings. The third-order valence-electron chi connectivity index (χ3n) is 7.63. The molecule has 194 valence electrons. The number of alkyl halides is 3. The summed E-state index contributed by atoms with van der Waals surface area (Å²) in [5.41, 5.74) is 6.86. The number of aromatic nitrogens is 2. The molecule has 2 nitrogen and oxygen atoms in total. The lowest BCUT2D eigenvalue weighted by Gasteiger charge is -2.32. The summed E-state index contributed by atoms with van der Waals surface area (Å²) in [5, 5.41) is 2.70. The third-order valence-corrected chi connectivity index (χ3v) is 7.63. The highest BCUT2D eigenvalue weighted by atomic mass is 19.4. The quantitative estimate of drug-likeness (QED) is 0.232. The summed E-state index contributed by atoms with van der Waals surface area (Å²) in [6, 6.07) is 24.3. The second-order valence-corrected chi connectivity index (χ2v) is 10.1. The summed E-state index contributed by atoms with van der Waals surface area (Å²) < 4.78 is 39.5. The fourth-order valence-corrected chi connectivity index (χ4v) is 5.79. The highest BCUT2D eigenvalue weighted by molar-refractivity contribution is 5.94. The molecule has 7 rings (SSSR count). The van der Waals surface area contributed by atoms with Crippen LogP contribution >= 0.6 is 0 Å². The maximum absolute atomic E-state index is 13.2. The van der Waals surface area contributed by atoms with Crippen LogP contribution in [0, 0.1) is 5.92 Å². The molecule has 39 heavy (non-hydrogen) atoms. The van der Waals surface area contributed by atoms with E-state index in [-0.39, 0.29) is 0 Å². The molecule has 0 saturated heterocycles. The third kappa shape index (κ3) is 5.22. The molecule has 0 aliphatic heterocycles. The van der Waals surface area contributed by atoms with Gasteiger partial charge in [0.2, 0.25) is 0 Å². The minimum absolute atomic E-state index is 0.387. The number of nitrogens with zero attached hydrogens (tertiary/aromatic N) is 2. The van der Waals surface area contributed by atoms with Crippen LogP contribution in [0.25, 0.3) is 27.2 Å². The van der Waals surface area contributed by atoms with E-state index in [1.165, 1.54) is 40.0 Å². The predicted molar refractivity (Wildman–Crippen MR) is 151 cm³/mol. The Morgan fingerprint density at radius 3 is 2.54 bits per heavy atom. The van der Waals surface area contributed by atoms with Crippen LogP contribution in [0.2, 0.25) is 0 Å². The van der Waals surface area contributed by atoms with Gasteiger partial charge in [0.15, 0.2) is 0 Å². The van der Waals surface area contributed by atoms with E-state index < -0.39 is 11.7 Å². The highest BCUT2D eigenvalue weighted by Crippen LogP contribution is 2.44. The minimum Gasteiger partial charge on any atom is -0.264 e. The summed E-state index contributed by atoms with van der Waals surface area (Å²) >= 11 is 0. The van der Waals surface area contributed by atoms with Gasteiger partial charge in [-0.25, -0.2) is 0 Å². The Morgan fingerprint density at radius 1 is 0.846 bits per heavy atom. The maximum atomic E-state index is 13.2. The number of hydrogen-bond acceptors (Lipinski definition) is 2. The highest BCUT2D eigenvalue weighted by Gasteiger charge is 2.32. The van der Waals surface area contributed by atoms with Crippen molar-refractivity contribution in [2.75, 3.05) is 0 Å². The Balaban J connectivity index is 0.000000231. The summed E-state index contributed by atoms with van der Waals surface area (Å²) in [7, 11) is 0. The second-order valence-electron chi connectivity index (χ2n) is 10.1. The van der Waals surface area contributed by atoms with Gasteiger partial charge in [0.25, 0.3) is 0 Å². The van der Waals surface area contributed by atoms with Crippen molar-refractivity contribution in [2.45, 2.75) is 31.9 Å². The lowest BCUT2D eigenvalue weighted by Crippen LogP contribution is -2.20. The van der Waals surface area contributed by atoms with Crippen molar-refractivity contribution in [3.8, 4) is 0 Å². The molecule has 2 heterocycles. The first-order chi connectivity index (χ1) is 19.0. The molecule has 0 N–H and O–H groups in total. The molecule has 0 bridgehead atoms. The molecule has 0 amide bonds. The Morgan fingerprint density at radius 2 is 1.72 bits per heavy atom. The van der Waals surface area contributed by atoms with E-state index in [9.17, 15) is 13.2 Å². The van der Waals surface area contributed by atoms with Gasteiger partial charge in [0.05, 0.1) is 11.1 Å². The van der Waals surface area contributed by atoms with Crippen molar-refractivity contribution in [3.63, 3.8) is 0 Å². The fraction of sp³-hybridized carbons (Fsp3) is 0.176. The molecule has 0 radical (unpaired) electrons. The van der Waals surface area contributed by atoms with Crippen molar-refractivity contribution in [2.24, 2.45) is 5.92 Å². The lowest BCUT2D eigenvalue weighted by atomic mass is 9.72. The number of pyridine rings is 2. The summed E-state index contributed by atoms with van der Waals surface area (Å²) in [5.74, 6) is 0.387. The van der Waals surface area contributed by atoms with E-state index in [2.05, 4.69) is 46.4 Å². The van der Waals surface area contributed by atoms with Gasteiger partial charge in [0.1, 0.15) is 0 Å². The molecule has 0 saturated carbocycles. The fourth-order valence-electron chi connectivity index (χ4n) is 5.79. The van der Waals surface area contributed by atoms with E-state index >= 15 is 0 Å².